The van der Waals surface area contributed by atoms with Gasteiger partial charge < -0.3 is 10.1 Å². The zero-order chi connectivity index (χ0) is 14.1. The second kappa shape index (κ2) is 5.31. The molecule has 1 aromatic rings. The van der Waals surface area contributed by atoms with E-state index >= 15 is 0 Å². The Morgan fingerprint density at radius 2 is 2.20 bits per heavy atom. The van der Waals surface area contributed by atoms with Crippen LogP contribution in [0.4, 0.5) is 5.69 Å². The first-order valence-corrected chi connectivity index (χ1v) is 7.28. The van der Waals surface area contributed by atoms with Gasteiger partial charge in [-0.1, -0.05) is 18.2 Å². The zero-order valence-electron chi connectivity index (χ0n) is 12.1. The number of esters is 1. The van der Waals surface area contributed by atoms with Gasteiger partial charge in [-0.15, -0.1) is 0 Å². The summed E-state index contributed by atoms with van der Waals surface area (Å²) in [5.74, 6) is 1.99. The molecule has 3 unspecified atom stereocenters. The highest BCUT2D eigenvalue weighted by atomic mass is 16.5. The van der Waals surface area contributed by atoms with Gasteiger partial charge in [-0.05, 0) is 55.2 Å². The number of carbonyl (C=O) groups is 1. The van der Waals surface area contributed by atoms with E-state index in [0.29, 0.717) is 5.56 Å². The third-order valence-corrected chi connectivity index (χ3v) is 4.63. The largest absolute Gasteiger partial charge is 0.465 e. The number of nitrogens with one attached hydrogen (secondary N) is 1. The van der Waals surface area contributed by atoms with Crippen LogP contribution in [-0.2, 0) is 4.74 Å². The molecule has 2 aliphatic rings. The van der Waals surface area contributed by atoms with Crippen LogP contribution in [0.25, 0.3) is 0 Å². The summed E-state index contributed by atoms with van der Waals surface area (Å²) >= 11 is 0. The van der Waals surface area contributed by atoms with Gasteiger partial charge in [0.25, 0.3) is 0 Å². The molecule has 1 aromatic carbocycles. The Bertz CT molecular complexity index is 550. The van der Waals surface area contributed by atoms with Gasteiger partial charge in [0.05, 0.1) is 12.7 Å². The van der Waals surface area contributed by atoms with E-state index in [1.165, 1.54) is 20.0 Å². The van der Waals surface area contributed by atoms with Gasteiger partial charge in [0, 0.05) is 12.2 Å². The highest BCUT2D eigenvalue weighted by Crippen LogP contribution is 2.43. The van der Waals surface area contributed by atoms with Crippen molar-refractivity contribution in [1.29, 1.82) is 0 Å². The minimum Gasteiger partial charge on any atom is -0.465 e. The minimum absolute atomic E-state index is 0.282. The molecule has 1 N–H and O–H groups in total. The Hall–Kier alpha value is -1.77. The highest BCUT2D eigenvalue weighted by Gasteiger charge is 2.35. The lowest BCUT2D eigenvalue weighted by Crippen LogP contribution is -2.19. The number of hydrogen-bond acceptors (Lipinski definition) is 3. The van der Waals surface area contributed by atoms with Crippen LogP contribution in [0.2, 0.25) is 0 Å². The Morgan fingerprint density at radius 1 is 1.35 bits per heavy atom. The number of benzene rings is 1. The number of allylic oxidation sites excluding steroid dienone is 2. The number of rotatable bonds is 4. The van der Waals surface area contributed by atoms with Crippen LogP contribution in [-0.4, -0.2) is 19.6 Å². The van der Waals surface area contributed by atoms with Crippen LogP contribution >= 0.6 is 0 Å². The Labute approximate surface area is 120 Å². The quantitative estimate of drug-likeness (QED) is 0.673. The fourth-order valence-corrected chi connectivity index (χ4v) is 3.43. The molecule has 0 aromatic heterocycles. The smallest absolute Gasteiger partial charge is 0.337 e. The number of ether oxygens (including phenoxy) is 1. The molecule has 3 heteroatoms. The maximum absolute atomic E-state index is 11.6. The molecule has 106 valence electrons. The first-order valence-electron chi connectivity index (χ1n) is 7.28. The molecule has 0 spiro atoms. The summed E-state index contributed by atoms with van der Waals surface area (Å²) in [5, 5.41) is 3.52. The van der Waals surface area contributed by atoms with Gasteiger partial charge in [0.15, 0.2) is 0 Å². The summed E-state index contributed by atoms with van der Waals surface area (Å²) in [6.07, 6.45) is 7.36. The molecule has 3 atom stereocenters. The lowest BCUT2D eigenvalue weighted by Gasteiger charge is -2.20. The molecule has 0 amide bonds. The van der Waals surface area contributed by atoms with Crippen molar-refractivity contribution in [1.82, 2.24) is 0 Å². The number of aryl methyl sites for hydroxylation is 1. The normalized spacial score (nSPS) is 26.8. The monoisotopic (exact) mass is 271 g/mol. The van der Waals surface area contributed by atoms with E-state index in [1.54, 1.807) is 0 Å². The number of hydrogen-bond donors (Lipinski definition) is 1. The van der Waals surface area contributed by atoms with Gasteiger partial charge in [-0.25, -0.2) is 4.79 Å². The van der Waals surface area contributed by atoms with Crippen molar-refractivity contribution in [2.45, 2.75) is 19.8 Å². The third kappa shape index (κ3) is 2.45. The van der Waals surface area contributed by atoms with Gasteiger partial charge >= 0.3 is 5.97 Å². The summed E-state index contributed by atoms with van der Waals surface area (Å²) in [6.45, 7) is 3.04. The number of carbonyl (C=O) groups excluding carboxylic acids is 1. The van der Waals surface area contributed by atoms with E-state index in [1.807, 2.05) is 18.2 Å². The predicted molar refractivity (Wildman–Crippen MR) is 79.9 cm³/mol. The van der Waals surface area contributed by atoms with Crippen LogP contribution in [0.3, 0.4) is 0 Å². The molecule has 0 aliphatic heterocycles. The van der Waals surface area contributed by atoms with E-state index < -0.39 is 0 Å². The molecule has 1 fully saturated rings. The lowest BCUT2D eigenvalue weighted by atomic mass is 9.93. The first kappa shape index (κ1) is 13.2. The number of anilines is 1. The van der Waals surface area contributed by atoms with Crippen LogP contribution in [0.15, 0.2) is 30.4 Å². The topological polar surface area (TPSA) is 38.3 Å². The summed E-state index contributed by atoms with van der Waals surface area (Å²) in [5.41, 5.74) is 2.81. The van der Waals surface area contributed by atoms with Crippen molar-refractivity contribution >= 4 is 11.7 Å². The Balaban J connectivity index is 1.67. The minimum atomic E-state index is -0.282. The maximum Gasteiger partial charge on any atom is 0.337 e. The molecular weight excluding hydrogens is 250 g/mol. The SMILES string of the molecule is COC(=O)c1ccc(C)c(NCC2CC3C=CC2C3)c1. The van der Waals surface area contributed by atoms with Crippen LogP contribution in [0.1, 0.15) is 28.8 Å². The summed E-state index contributed by atoms with van der Waals surface area (Å²) in [6, 6.07) is 5.67. The van der Waals surface area contributed by atoms with E-state index in [0.717, 1.165) is 35.5 Å². The Kier molecular flexibility index (Phi) is 3.51. The Morgan fingerprint density at radius 3 is 2.85 bits per heavy atom. The molecule has 2 bridgehead atoms. The van der Waals surface area contributed by atoms with Crippen molar-refractivity contribution in [3.8, 4) is 0 Å². The number of methoxy groups -OCH3 is 1. The average molecular weight is 271 g/mol. The third-order valence-electron chi connectivity index (χ3n) is 4.63. The van der Waals surface area contributed by atoms with Crippen LogP contribution in [0, 0.1) is 24.7 Å². The second-order valence-electron chi connectivity index (χ2n) is 5.94. The first-order chi connectivity index (χ1) is 9.67. The average Bonchev–Trinajstić information content (AvgIpc) is 3.08. The zero-order valence-corrected chi connectivity index (χ0v) is 12.1. The molecule has 0 saturated heterocycles. The lowest BCUT2D eigenvalue weighted by molar-refractivity contribution is 0.0601. The van der Waals surface area contributed by atoms with Gasteiger partial charge in [0.1, 0.15) is 0 Å². The van der Waals surface area contributed by atoms with Crippen LogP contribution < -0.4 is 5.32 Å². The van der Waals surface area contributed by atoms with Crippen molar-refractivity contribution in [2.24, 2.45) is 17.8 Å². The van der Waals surface area contributed by atoms with E-state index in [-0.39, 0.29) is 5.97 Å². The van der Waals surface area contributed by atoms with Crippen molar-refractivity contribution < 1.29 is 9.53 Å². The van der Waals surface area contributed by atoms with Gasteiger partial charge in [-0.3, -0.25) is 0 Å². The van der Waals surface area contributed by atoms with E-state index in [4.69, 9.17) is 4.74 Å². The van der Waals surface area contributed by atoms with Crippen molar-refractivity contribution in [3.63, 3.8) is 0 Å². The van der Waals surface area contributed by atoms with Crippen molar-refractivity contribution in [2.75, 3.05) is 19.0 Å². The molecular formula is C17H21NO2. The van der Waals surface area contributed by atoms with Gasteiger partial charge in [-0.2, -0.15) is 0 Å². The molecule has 0 heterocycles. The molecule has 3 nitrogen and oxygen atoms in total. The predicted octanol–water partition coefficient (Wildman–Crippen LogP) is 3.41. The second-order valence-corrected chi connectivity index (χ2v) is 5.94. The maximum atomic E-state index is 11.6. The highest BCUT2D eigenvalue weighted by molar-refractivity contribution is 5.90. The molecule has 20 heavy (non-hydrogen) atoms. The molecule has 3 rings (SSSR count). The number of fused-ring (bicyclic) bond motifs is 2. The molecule has 0 radical (unpaired) electrons. The fourth-order valence-electron chi connectivity index (χ4n) is 3.43. The summed E-state index contributed by atoms with van der Waals surface area (Å²) in [7, 11) is 1.41. The van der Waals surface area contributed by atoms with E-state index in [2.05, 4.69) is 24.4 Å². The fraction of sp³-hybridized carbons (Fsp3) is 0.471. The summed E-state index contributed by atoms with van der Waals surface area (Å²) in [4.78, 5) is 11.6. The van der Waals surface area contributed by atoms with Crippen molar-refractivity contribution in [3.05, 3.63) is 41.5 Å². The standard InChI is InChI=1S/C17H21NO2/c1-11-3-5-14(17(19)20-2)9-16(11)18-10-15-8-12-4-6-13(15)7-12/h3-6,9,12-13,15,18H,7-8,10H2,1-2H3. The molecule has 1 saturated carbocycles. The van der Waals surface area contributed by atoms with Crippen LogP contribution in [0.5, 0.6) is 0 Å². The van der Waals surface area contributed by atoms with Gasteiger partial charge in [0.2, 0.25) is 0 Å². The van der Waals surface area contributed by atoms with E-state index in [9.17, 15) is 4.79 Å². The molecule has 2 aliphatic carbocycles. The summed E-state index contributed by atoms with van der Waals surface area (Å²) < 4.78 is 4.77.